The number of benzene rings is 1. The molecule has 0 amide bonds. The number of aromatic nitrogens is 2. The van der Waals surface area contributed by atoms with Gasteiger partial charge in [0.1, 0.15) is 10.7 Å². The molecule has 1 aromatic carbocycles. The van der Waals surface area contributed by atoms with Crippen LogP contribution in [-0.2, 0) is 21.3 Å². The number of hydrogen-bond acceptors (Lipinski definition) is 4. The first-order valence-electron chi connectivity index (χ1n) is 7.01. The third-order valence-corrected chi connectivity index (χ3v) is 5.70. The Morgan fingerprint density at radius 1 is 1.43 bits per heavy atom. The van der Waals surface area contributed by atoms with Crippen LogP contribution in [0.15, 0.2) is 41.6 Å². The smallest absolute Gasteiger partial charge is 0.246 e. The Morgan fingerprint density at radius 3 is 2.96 bits per heavy atom. The van der Waals surface area contributed by atoms with E-state index in [1.54, 1.807) is 23.1 Å². The van der Waals surface area contributed by atoms with E-state index in [4.69, 9.17) is 16.3 Å². The van der Waals surface area contributed by atoms with Crippen molar-refractivity contribution in [2.24, 2.45) is 0 Å². The fourth-order valence-corrected chi connectivity index (χ4v) is 4.12. The number of halogens is 2. The molecule has 1 aromatic heterocycles. The van der Waals surface area contributed by atoms with E-state index in [9.17, 15) is 12.8 Å². The van der Waals surface area contributed by atoms with Crippen LogP contribution < -0.4 is 0 Å². The second-order valence-corrected chi connectivity index (χ2v) is 7.50. The average Bonchev–Trinajstić information content (AvgIpc) is 3.00. The van der Waals surface area contributed by atoms with Crippen LogP contribution in [0.1, 0.15) is 0 Å². The van der Waals surface area contributed by atoms with Crippen LogP contribution in [0.25, 0.3) is 0 Å². The summed E-state index contributed by atoms with van der Waals surface area (Å²) < 4.78 is 47.7. The highest BCUT2D eigenvalue weighted by molar-refractivity contribution is 7.89. The van der Waals surface area contributed by atoms with Gasteiger partial charge in [-0.3, -0.25) is 4.68 Å². The minimum absolute atomic E-state index is 0.143. The molecule has 23 heavy (non-hydrogen) atoms. The summed E-state index contributed by atoms with van der Waals surface area (Å²) in [6.07, 6.45) is 3.07. The van der Waals surface area contributed by atoms with Crippen molar-refractivity contribution in [1.29, 1.82) is 0 Å². The number of morpholine rings is 1. The van der Waals surface area contributed by atoms with Crippen molar-refractivity contribution in [3.63, 3.8) is 0 Å². The summed E-state index contributed by atoms with van der Waals surface area (Å²) in [6, 6.07) is 5.32. The molecular weight excluding hydrogens is 345 g/mol. The first kappa shape index (κ1) is 16.4. The van der Waals surface area contributed by atoms with Crippen LogP contribution in [0.3, 0.4) is 0 Å². The van der Waals surface area contributed by atoms with Crippen LogP contribution in [0.2, 0.25) is 5.02 Å². The Bertz CT molecular complexity index is 783. The maximum absolute atomic E-state index is 14.0. The van der Waals surface area contributed by atoms with Crippen molar-refractivity contribution < 1.29 is 17.5 Å². The molecule has 6 nitrogen and oxygen atoms in total. The van der Waals surface area contributed by atoms with Gasteiger partial charge in [0.05, 0.1) is 19.3 Å². The molecule has 0 aliphatic carbocycles. The number of sulfonamides is 1. The Labute approximate surface area is 138 Å². The normalized spacial score (nSPS) is 19.8. The third-order valence-electron chi connectivity index (χ3n) is 3.56. The number of rotatable bonds is 4. The highest BCUT2D eigenvalue weighted by atomic mass is 35.5. The molecule has 1 fully saturated rings. The van der Waals surface area contributed by atoms with Crippen molar-refractivity contribution in [2.75, 3.05) is 19.7 Å². The van der Waals surface area contributed by atoms with E-state index in [-0.39, 0.29) is 35.7 Å². The largest absolute Gasteiger partial charge is 0.374 e. The SMILES string of the molecule is O=S(=O)(c1ccc(Cl)cc1F)N1CCOC(Cn2cccn2)C1. The summed E-state index contributed by atoms with van der Waals surface area (Å²) in [5, 5.41) is 4.23. The van der Waals surface area contributed by atoms with Crippen LogP contribution in [-0.4, -0.2) is 48.3 Å². The summed E-state index contributed by atoms with van der Waals surface area (Å²) in [6.45, 7) is 1.01. The molecule has 0 radical (unpaired) electrons. The first-order chi connectivity index (χ1) is 11.0. The van der Waals surface area contributed by atoms with Gasteiger partial charge in [-0.05, 0) is 24.3 Å². The molecule has 9 heteroatoms. The topological polar surface area (TPSA) is 64.4 Å². The maximum atomic E-state index is 14.0. The van der Waals surface area contributed by atoms with E-state index in [0.717, 1.165) is 6.07 Å². The van der Waals surface area contributed by atoms with Crippen molar-refractivity contribution in [3.8, 4) is 0 Å². The fraction of sp³-hybridized carbons (Fsp3) is 0.357. The van der Waals surface area contributed by atoms with Gasteiger partial charge in [0.15, 0.2) is 0 Å². The predicted octanol–water partition coefficient (Wildman–Crippen LogP) is 1.77. The number of ether oxygens (including phenoxy) is 1. The standard InChI is InChI=1S/C14H15ClFN3O3S/c15-11-2-3-14(13(16)8-11)23(20,21)19-6-7-22-12(10-19)9-18-5-1-4-17-18/h1-5,8,12H,6-7,9-10H2. The Kier molecular flexibility index (Phi) is 4.67. The highest BCUT2D eigenvalue weighted by Gasteiger charge is 2.32. The molecule has 0 N–H and O–H groups in total. The summed E-state index contributed by atoms with van der Waals surface area (Å²) >= 11 is 5.68. The first-order valence-corrected chi connectivity index (χ1v) is 8.83. The highest BCUT2D eigenvalue weighted by Crippen LogP contribution is 2.24. The van der Waals surface area contributed by atoms with E-state index in [1.165, 1.54) is 16.4 Å². The lowest BCUT2D eigenvalue weighted by Gasteiger charge is -2.32. The van der Waals surface area contributed by atoms with E-state index in [0.29, 0.717) is 6.54 Å². The molecule has 1 saturated heterocycles. The summed E-state index contributed by atoms with van der Waals surface area (Å²) in [5.74, 6) is -0.854. The molecule has 124 valence electrons. The van der Waals surface area contributed by atoms with E-state index in [1.807, 2.05) is 0 Å². The van der Waals surface area contributed by atoms with Crippen molar-refractivity contribution in [2.45, 2.75) is 17.5 Å². The van der Waals surface area contributed by atoms with Crippen molar-refractivity contribution in [1.82, 2.24) is 14.1 Å². The predicted molar refractivity (Wildman–Crippen MR) is 82.1 cm³/mol. The average molecular weight is 360 g/mol. The van der Waals surface area contributed by atoms with Crippen LogP contribution in [0.4, 0.5) is 4.39 Å². The molecule has 0 spiro atoms. The van der Waals surface area contributed by atoms with Gasteiger partial charge < -0.3 is 4.74 Å². The molecule has 1 aliphatic heterocycles. The molecule has 1 atom stereocenters. The number of hydrogen-bond donors (Lipinski definition) is 0. The van der Waals surface area contributed by atoms with Gasteiger partial charge in [-0.2, -0.15) is 9.40 Å². The van der Waals surface area contributed by atoms with Crippen LogP contribution in [0.5, 0.6) is 0 Å². The van der Waals surface area contributed by atoms with Gasteiger partial charge in [0.25, 0.3) is 0 Å². The summed E-state index contributed by atoms with van der Waals surface area (Å²) in [5.41, 5.74) is 0. The molecule has 2 heterocycles. The van der Waals surface area contributed by atoms with Gasteiger partial charge in [0.2, 0.25) is 10.0 Å². The molecule has 1 unspecified atom stereocenters. The molecule has 1 aliphatic rings. The maximum Gasteiger partial charge on any atom is 0.246 e. The van der Waals surface area contributed by atoms with Gasteiger partial charge in [-0.15, -0.1) is 0 Å². The van der Waals surface area contributed by atoms with Gasteiger partial charge in [0, 0.05) is 30.5 Å². The third kappa shape index (κ3) is 3.55. The Morgan fingerprint density at radius 2 is 2.26 bits per heavy atom. The number of nitrogens with zero attached hydrogens (tertiary/aromatic N) is 3. The summed E-state index contributed by atoms with van der Waals surface area (Å²) in [7, 11) is -3.93. The lowest BCUT2D eigenvalue weighted by molar-refractivity contribution is -0.0120. The van der Waals surface area contributed by atoms with Gasteiger partial charge >= 0.3 is 0 Å². The lowest BCUT2D eigenvalue weighted by atomic mass is 10.3. The zero-order chi connectivity index (χ0) is 16.4. The molecule has 2 aromatic rings. The van der Waals surface area contributed by atoms with Gasteiger partial charge in [-0.25, -0.2) is 12.8 Å². The zero-order valence-corrected chi connectivity index (χ0v) is 13.7. The lowest BCUT2D eigenvalue weighted by Crippen LogP contribution is -2.47. The van der Waals surface area contributed by atoms with Crippen LogP contribution >= 0.6 is 11.6 Å². The quantitative estimate of drug-likeness (QED) is 0.834. The van der Waals surface area contributed by atoms with E-state index >= 15 is 0 Å². The molecule has 3 rings (SSSR count). The zero-order valence-electron chi connectivity index (χ0n) is 12.1. The summed E-state index contributed by atoms with van der Waals surface area (Å²) in [4.78, 5) is -0.373. The molecular formula is C14H15ClFN3O3S. The second-order valence-electron chi connectivity index (χ2n) is 5.16. The minimum atomic E-state index is -3.93. The van der Waals surface area contributed by atoms with E-state index < -0.39 is 15.8 Å². The van der Waals surface area contributed by atoms with Gasteiger partial charge in [-0.1, -0.05) is 11.6 Å². The fourth-order valence-electron chi connectivity index (χ4n) is 2.46. The second kappa shape index (κ2) is 6.56. The Balaban J connectivity index is 1.79. The monoisotopic (exact) mass is 359 g/mol. The molecule has 0 saturated carbocycles. The minimum Gasteiger partial charge on any atom is -0.374 e. The van der Waals surface area contributed by atoms with E-state index in [2.05, 4.69) is 5.10 Å². The van der Waals surface area contributed by atoms with Crippen molar-refractivity contribution >= 4 is 21.6 Å². The van der Waals surface area contributed by atoms with Crippen molar-refractivity contribution in [3.05, 3.63) is 47.5 Å². The molecule has 0 bridgehead atoms. The Hall–Kier alpha value is -1.48. The van der Waals surface area contributed by atoms with Crippen LogP contribution in [0, 0.1) is 5.82 Å².